The SMILES string of the molecule is Nc1cnc(N2CCCCC2C(F)(F)F)c(C(F)(F)F)c1. The molecular formula is C12H13F6N3. The van der Waals surface area contributed by atoms with Gasteiger partial charge in [0.15, 0.2) is 0 Å². The highest BCUT2D eigenvalue weighted by atomic mass is 19.4. The van der Waals surface area contributed by atoms with Gasteiger partial charge in [0.2, 0.25) is 0 Å². The molecule has 2 rings (SSSR count). The maximum absolute atomic E-state index is 13.0. The van der Waals surface area contributed by atoms with Crippen LogP contribution < -0.4 is 10.6 Å². The third-order valence-corrected chi connectivity index (χ3v) is 3.35. The van der Waals surface area contributed by atoms with Crippen LogP contribution in [0.1, 0.15) is 24.8 Å². The Morgan fingerprint density at radius 2 is 1.81 bits per heavy atom. The van der Waals surface area contributed by atoms with Crippen LogP contribution >= 0.6 is 0 Å². The molecule has 2 N–H and O–H groups in total. The van der Waals surface area contributed by atoms with Crippen molar-refractivity contribution in [1.82, 2.24) is 4.98 Å². The monoisotopic (exact) mass is 313 g/mol. The zero-order valence-electron chi connectivity index (χ0n) is 10.8. The zero-order valence-corrected chi connectivity index (χ0v) is 10.8. The number of nitrogens with zero attached hydrogens (tertiary/aromatic N) is 2. The Labute approximate surface area is 116 Å². The Bertz CT molecular complexity index is 511. The van der Waals surface area contributed by atoms with Gasteiger partial charge in [-0.3, -0.25) is 0 Å². The first-order valence-corrected chi connectivity index (χ1v) is 6.27. The van der Waals surface area contributed by atoms with Crippen LogP contribution in [0.15, 0.2) is 12.3 Å². The van der Waals surface area contributed by atoms with Crippen molar-refractivity contribution in [2.75, 3.05) is 17.2 Å². The maximum atomic E-state index is 13.0. The molecule has 1 unspecified atom stereocenters. The van der Waals surface area contributed by atoms with Crippen molar-refractivity contribution in [1.29, 1.82) is 0 Å². The molecule has 1 aromatic heterocycles. The van der Waals surface area contributed by atoms with Gasteiger partial charge in [0.25, 0.3) is 0 Å². The Kier molecular flexibility index (Phi) is 3.94. The summed E-state index contributed by atoms with van der Waals surface area (Å²) in [5, 5.41) is 0. The average Bonchev–Trinajstić information content (AvgIpc) is 2.36. The van der Waals surface area contributed by atoms with Crippen LogP contribution in [0.2, 0.25) is 0 Å². The van der Waals surface area contributed by atoms with E-state index in [1.165, 1.54) is 0 Å². The normalized spacial score (nSPS) is 20.7. The van der Waals surface area contributed by atoms with Gasteiger partial charge in [-0.25, -0.2) is 4.98 Å². The molecule has 1 saturated heterocycles. The highest BCUT2D eigenvalue weighted by molar-refractivity contribution is 5.55. The van der Waals surface area contributed by atoms with Gasteiger partial charge in [-0.05, 0) is 25.3 Å². The van der Waals surface area contributed by atoms with E-state index in [0.717, 1.165) is 6.20 Å². The molecule has 0 bridgehead atoms. The number of hydrogen-bond acceptors (Lipinski definition) is 3. The minimum Gasteiger partial charge on any atom is -0.397 e. The molecule has 0 saturated carbocycles. The fourth-order valence-electron chi connectivity index (χ4n) is 2.44. The summed E-state index contributed by atoms with van der Waals surface area (Å²) in [5.74, 6) is -0.710. The van der Waals surface area contributed by atoms with Crippen LogP contribution in [0, 0.1) is 0 Å². The lowest BCUT2D eigenvalue weighted by atomic mass is 10.0. The summed E-state index contributed by atoms with van der Waals surface area (Å²) in [7, 11) is 0. The molecule has 9 heteroatoms. The summed E-state index contributed by atoms with van der Waals surface area (Å²) < 4.78 is 78.0. The maximum Gasteiger partial charge on any atom is 0.420 e. The molecule has 2 heterocycles. The smallest absolute Gasteiger partial charge is 0.397 e. The molecule has 0 spiro atoms. The van der Waals surface area contributed by atoms with Crippen molar-refractivity contribution in [2.45, 2.75) is 37.7 Å². The van der Waals surface area contributed by atoms with Crippen molar-refractivity contribution in [3.63, 3.8) is 0 Å². The number of alkyl halides is 6. The number of halogens is 6. The lowest BCUT2D eigenvalue weighted by Gasteiger charge is -2.38. The lowest BCUT2D eigenvalue weighted by molar-refractivity contribution is -0.154. The highest BCUT2D eigenvalue weighted by Crippen LogP contribution is 2.41. The fourth-order valence-corrected chi connectivity index (χ4v) is 2.44. The molecule has 3 nitrogen and oxygen atoms in total. The van der Waals surface area contributed by atoms with Crippen LogP contribution in [0.4, 0.5) is 37.8 Å². The lowest BCUT2D eigenvalue weighted by Crippen LogP contribution is -2.49. The van der Waals surface area contributed by atoms with Crippen molar-refractivity contribution in [2.24, 2.45) is 0 Å². The van der Waals surface area contributed by atoms with E-state index in [4.69, 9.17) is 5.73 Å². The quantitative estimate of drug-likeness (QED) is 0.806. The van der Waals surface area contributed by atoms with Crippen molar-refractivity contribution in [3.05, 3.63) is 17.8 Å². The number of piperidine rings is 1. The second kappa shape index (κ2) is 5.27. The van der Waals surface area contributed by atoms with Gasteiger partial charge in [0.1, 0.15) is 17.4 Å². The summed E-state index contributed by atoms with van der Waals surface area (Å²) in [6.45, 7) is -0.121. The predicted octanol–water partition coefficient (Wildman–Crippen LogP) is 3.60. The predicted molar refractivity (Wildman–Crippen MR) is 64.7 cm³/mol. The third-order valence-electron chi connectivity index (χ3n) is 3.35. The van der Waals surface area contributed by atoms with E-state index < -0.39 is 29.8 Å². The van der Waals surface area contributed by atoms with Gasteiger partial charge in [-0.1, -0.05) is 0 Å². The van der Waals surface area contributed by atoms with E-state index >= 15 is 0 Å². The van der Waals surface area contributed by atoms with E-state index in [1.807, 2.05) is 0 Å². The standard InChI is InChI=1S/C12H13F6N3/c13-11(14,15)8-5-7(19)6-20-10(8)21-4-2-1-3-9(21)12(16,17)18/h5-6,9H,1-4,19H2. The van der Waals surface area contributed by atoms with Crippen LogP contribution in [0.5, 0.6) is 0 Å². The molecule has 0 aromatic carbocycles. The molecule has 1 fully saturated rings. The fraction of sp³-hybridized carbons (Fsp3) is 0.583. The molecule has 1 aromatic rings. The number of pyridine rings is 1. The van der Waals surface area contributed by atoms with E-state index in [0.29, 0.717) is 23.8 Å². The van der Waals surface area contributed by atoms with Crippen molar-refractivity contribution >= 4 is 11.5 Å². The van der Waals surface area contributed by atoms with Crippen molar-refractivity contribution in [3.8, 4) is 0 Å². The highest BCUT2D eigenvalue weighted by Gasteiger charge is 2.47. The largest absolute Gasteiger partial charge is 0.420 e. The molecule has 0 amide bonds. The molecular weight excluding hydrogens is 300 g/mol. The number of rotatable bonds is 1. The van der Waals surface area contributed by atoms with E-state index in [1.54, 1.807) is 0 Å². The molecule has 1 aliphatic heterocycles. The Hall–Kier alpha value is -1.67. The van der Waals surface area contributed by atoms with Gasteiger partial charge in [-0.2, -0.15) is 26.3 Å². The van der Waals surface area contributed by atoms with E-state index in [9.17, 15) is 26.3 Å². The second-order valence-electron chi connectivity index (χ2n) is 4.88. The number of aromatic nitrogens is 1. The van der Waals surface area contributed by atoms with Gasteiger partial charge in [0.05, 0.1) is 11.9 Å². The van der Waals surface area contributed by atoms with Crippen LogP contribution in [-0.4, -0.2) is 23.7 Å². The van der Waals surface area contributed by atoms with Gasteiger partial charge in [0, 0.05) is 6.54 Å². The first-order chi connectivity index (χ1) is 9.60. The van der Waals surface area contributed by atoms with Crippen LogP contribution in [0.3, 0.4) is 0 Å². The summed E-state index contributed by atoms with van der Waals surface area (Å²) in [6, 6.07) is -1.34. The Balaban J connectivity index is 2.49. The van der Waals surface area contributed by atoms with Crippen LogP contribution in [-0.2, 0) is 6.18 Å². The molecule has 118 valence electrons. The van der Waals surface area contributed by atoms with E-state index in [-0.39, 0.29) is 18.7 Å². The third kappa shape index (κ3) is 3.33. The van der Waals surface area contributed by atoms with Gasteiger partial charge < -0.3 is 10.6 Å². The number of nitrogens with two attached hydrogens (primary N) is 1. The number of anilines is 2. The molecule has 0 radical (unpaired) electrons. The van der Waals surface area contributed by atoms with Gasteiger partial charge in [-0.15, -0.1) is 0 Å². The Morgan fingerprint density at radius 3 is 2.38 bits per heavy atom. The Morgan fingerprint density at radius 1 is 1.14 bits per heavy atom. The zero-order chi connectivity index (χ0) is 15.8. The minimum atomic E-state index is -4.81. The first kappa shape index (κ1) is 15.7. The van der Waals surface area contributed by atoms with Gasteiger partial charge >= 0.3 is 12.4 Å². The molecule has 1 atom stereocenters. The molecule has 0 aliphatic carbocycles. The molecule has 1 aliphatic rings. The van der Waals surface area contributed by atoms with E-state index in [2.05, 4.69) is 4.98 Å². The summed E-state index contributed by atoms with van der Waals surface area (Å²) >= 11 is 0. The van der Waals surface area contributed by atoms with Crippen molar-refractivity contribution < 1.29 is 26.3 Å². The summed E-state index contributed by atoms with van der Waals surface area (Å²) in [6.07, 6.45) is -8.02. The first-order valence-electron chi connectivity index (χ1n) is 6.27. The van der Waals surface area contributed by atoms with Crippen LogP contribution in [0.25, 0.3) is 0 Å². The summed E-state index contributed by atoms with van der Waals surface area (Å²) in [4.78, 5) is 4.20. The molecule has 21 heavy (non-hydrogen) atoms. The number of hydrogen-bond donors (Lipinski definition) is 1. The average molecular weight is 313 g/mol. The minimum absolute atomic E-state index is 0.121. The summed E-state index contributed by atoms with van der Waals surface area (Å²) in [5.41, 5.74) is 3.79. The topological polar surface area (TPSA) is 42.1 Å². The number of nitrogen functional groups attached to an aromatic ring is 1. The second-order valence-corrected chi connectivity index (χ2v) is 4.88.